The molecule has 1 amide bonds. The third-order valence-electron chi connectivity index (χ3n) is 3.36. The highest BCUT2D eigenvalue weighted by Gasteiger charge is 2.09. The van der Waals surface area contributed by atoms with Gasteiger partial charge in [0, 0.05) is 11.6 Å². The lowest BCUT2D eigenvalue weighted by Crippen LogP contribution is -2.32. The van der Waals surface area contributed by atoms with Crippen molar-refractivity contribution in [2.24, 2.45) is 0 Å². The molecule has 1 aromatic carbocycles. The van der Waals surface area contributed by atoms with Crippen LogP contribution in [0.25, 0.3) is 5.69 Å². The SMILES string of the molecule is CCCCC[C@H](C)NC(=O)c1ccc(-n2cnnn2)cc1. The first-order valence-corrected chi connectivity index (χ1v) is 7.35. The summed E-state index contributed by atoms with van der Waals surface area (Å²) in [6.45, 7) is 4.22. The number of tetrazole rings is 1. The molecule has 6 nitrogen and oxygen atoms in total. The molecule has 0 spiro atoms. The van der Waals surface area contributed by atoms with E-state index in [0.717, 1.165) is 18.5 Å². The minimum absolute atomic E-state index is 0.0396. The second kappa shape index (κ2) is 7.52. The van der Waals surface area contributed by atoms with Crippen LogP contribution in [0.4, 0.5) is 0 Å². The molecule has 1 N–H and O–H groups in total. The number of carbonyl (C=O) groups excluding carboxylic acids is 1. The molecule has 0 unspecified atom stereocenters. The predicted molar refractivity (Wildman–Crippen MR) is 80.2 cm³/mol. The third kappa shape index (κ3) is 4.37. The van der Waals surface area contributed by atoms with Crippen LogP contribution in [0.2, 0.25) is 0 Å². The van der Waals surface area contributed by atoms with Gasteiger partial charge in [0.1, 0.15) is 6.33 Å². The molecule has 2 rings (SSSR count). The van der Waals surface area contributed by atoms with Gasteiger partial charge in [0.2, 0.25) is 0 Å². The summed E-state index contributed by atoms with van der Waals surface area (Å²) in [5, 5.41) is 14.0. The number of rotatable bonds is 7. The fourth-order valence-electron chi connectivity index (χ4n) is 2.12. The van der Waals surface area contributed by atoms with Crippen molar-refractivity contribution in [2.45, 2.75) is 45.6 Å². The van der Waals surface area contributed by atoms with Crippen LogP contribution in [0.3, 0.4) is 0 Å². The molecular weight excluding hydrogens is 266 g/mol. The fraction of sp³-hybridized carbons (Fsp3) is 0.467. The Hall–Kier alpha value is -2.24. The van der Waals surface area contributed by atoms with Crippen LogP contribution in [-0.4, -0.2) is 32.2 Å². The quantitative estimate of drug-likeness (QED) is 0.793. The van der Waals surface area contributed by atoms with E-state index >= 15 is 0 Å². The Labute approximate surface area is 124 Å². The maximum atomic E-state index is 12.1. The molecular formula is C15H21N5O. The predicted octanol–water partition coefficient (Wildman–Crippen LogP) is 2.36. The van der Waals surface area contributed by atoms with Crippen molar-refractivity contribution in [3.8, 4) is 5.69 Å². The molecule has 0 aliphatic heterocycles. The highest BCUT2D eigenvalue weighted by Crippen LogP contribution is 2.09. The maximum absolute atomic E-state index is 12.1. The Morgan fingerprint density at radius 1 is 1.29 bits per heavy atom. The first kappa shape index (κ1) is 15.2. The molecule has 6 heteroatoms. The average Bonchev–Trinajstić information content (AvgIpc) is 3.02. The fourth-order valence-corrected chi connectivity index (χ4v) is 2.12. The van der Waals surface area contributed by atoms with Gasteiger partial charge >= 0.3 is 0 Å². The smallest absolute Gasteiger partial charge is 0.251 e. The lowest BCUT2D eigenvalue weighted by Gasteiger charge is -2.13. The van der Waals surface area contributed by atoms with Crippen LogP contribution in [0.15, 0.2) is 30.6 Å². The number of benzene rings is 1. The van der Waals surface area contributed by atoms with Gasteiger partial charge in [0.25, 0.3) is 5.91 Å². The molecule has 0 fully saturated rings. The van der Waals surface area contributed by atoms with Crippen LogP contribution < -0.4 is 5.32 Å². The molecule has 0 saturated carbocycles. The molecule has 1 aromatic heterocycles. The van der Waals surface area contributed by atoms with Crippen LogP contribution in [0.1, 0.15) is 49.9 Å². The summed E-state index contributed by atoms with van der Waals surface area (Å²) in [5.74, 6) is -0.0396. The number of nitrogens with zero attached hydrogens (tertiary/aromatic N) is 4. The van der Waals surface area contributed by atoms with Gasteiger partial charge in [0.05, 0.1) is 5.69 Å². The largest absolute Gasteiger partial charge is 0.350 e. The van der Waals surface area contributed by atoms with E-state index in [1.165, 1.54) is 19.2 Å². The summed E-state index contributed by atoms with van der Waals surface area (Å²) in [6, 6.07) is 7.42. The normalized spacial score (nSPS) is 12.1. The topological polar surface area (TPSA) is 72.7 Å². The summed E-state index contributed by atoms with van der Waals surface area (Å²) in [6.07, 6.45) is 6.09. The first-order valence-electron chi connectivity index (χ1n) is 7.35. The van der Waals surface area contributed by atoms with Gasteiger partial charge in [-0.1, -0.05) is 26.2 Å². The lowest BCUT2D eigenvalue weighted by atomic mass is 10.1. The minimum atomic E-state index is -0.0396. The number of unbranched alkanes of at least 4 members (excludes halogenated alkanes) is 2. The molecule has 1 heterocycles. The van der Waals surface area contributed by atoms with E-state index in [1.54, 1.807) is 16.8 Å². The highest BCUT2D eigenvalue weighted by molar-refractivity contribution is 5.94. The Balaban J connectivity index is 1.91. The monoisotopic (exact) mass is 287 g/mol. The van der Waals surface area contributed by atoms with Crippen molar-refractivity contribution in [1.29, 1.82) is 0 Å². The maximum Gasteiger partial charge on any atom is 0.251 e. The molecule has 1 atom stereocenters. The van der Waals surface area contributed by atoms with E-state index in [1.807, 2.05) is 19.1 Å². The molecule has 0 bridgehead atoms. The molecule has 0 radical (unpaired) electrons. The van der Waals surface area contributed by atoms with Gasteiger partial charge in [-0.3, -0.25) is 4.79 Å². The second-order valence-corrected chi connectivity index (χ2v) is 5.17. The van der Waals surface area contributed by atoms with Crippen molar-refractivity contribution in [3.05, 3.63) is 36.2 Å². The minimum Gasteiger partial charge on any atom is -0.350 e. The van der Waals surface area contributed by atoms with Crippen molar-refractivity contribution in [2.75, 3.05) is 0 Å². The van der Waals surface area contributed by atoms with Crippen molar-refractivity contribution in [3.63, 3.8) is 0 Å². The van der Waals surface area contributed by atoms with Crippen molar-refractivity contribution >= 4 is 5.91 Å². The van der Waals surface area contributed by atoms with Crippen LogP contribution in [0.5, 0.6) is 0 Å². The van der Waals surface area contributed by atoms with Crippen LogP contribution in [0, 0.1) is 0 Å². The summed E-state index contributed by atoms with van der Waals surface area (Å²) in [4.78, 5) is 12.1. The van der Waals surface area contributed by atoms with E-state index < -0.39 is 0 Å². The van der Waals surface area contributed by atoms with Gasteiger partial charge in [-0.25, -0.2) is 4.68 Å². The number of hydrogen-bond donors (Lipinski definition) is 1. The van der Waals surface area contributed by atoms with E-state index in [4.69, 9.17) is 0 Å². The van der Waals surface area contributed by atoms with E-state index in [2.05, 4.69) is 27.8 Å². The second-order valence-electron chi connectivity index (χ2n) is 5.17. The average molecular weight is 287 g/mol. The molecule has 0 aliphatic carbocycles. The number of carbonyl (C=O) groups is 1. The molecule has 21 heavy (non-hydrogen) atoms. The molecule has 0 aliphatic rings. The summed E-state index contributed by atoms with van der Waals surface area (Å²) >= 11 is 0. The molecule has 112 valence electrons. The summed E-state index contributed by atoms with van der Waals surface area (Å²) < 4.78 is 1.55. The molecule has 2 aromatic rings. The standard InChI is InChI=1S/C15H21N5O/c1-3-4-5-6-12(2)17-15(21)13-7-9-14(10-8-13)20-11-16-18-19-20/h7-12H,3-6H2,1-2H3,(H,17,21)/t12-/m0/s1. The van der Waals surface area contributed by atoms with E-state index in [9.17, 15) is 4.79 Å². The zero-order chi connectivity index (χ0) is 15.1. The Kier molecular flexibility index (Phi) is 5.43. The lowest BCUT2D eigenvalue weighted by molar-refractivity contribution is 0.0938. The number of nitrogens with one attached hydrogen (secondary N) is 1. The van der Waals surface area contributed by atoms with Crippen molar-refractivity contribution < 1.29 is 4.79 Å². The zero-order valence-corrected chi connectivity index (χ0v) is 12.5. The highest BCUT2D eigenvalue weighted by atomic mass is 16.1. The van der Waals surface area contributed by atoms with Crippen LogP contribution >= 0.6 is 0 Å². The first-order chi connectivity index (χ1) is 10.2. The van der Waals surface area contributed by atoms with Gasteiger partial charge in [-0.05, 0) is 48.0 Å². The van der Waals surface area contributed by atoms with Gasteiger partial charge in [-0.15, -0.1) is 5.10 Å². The zero-order valence-electron chi connectivity index (χ0n) is 12.5. The van der Waals surface area contributed by atoms with Gasteiger partial charge in [-0.2, -0.15) is 0 Å². The van der Waals surface area contributed by atoms with Gasteiger partial charge in [0.15, 0.2) is 0 Å². The summed E-state index contributed by atoms with van der Waals surface area (Å²) in [7, 11) is 0. The summed E-state index contributed by atoms with van der Waals surface area (Å²) in [5.41, 5.74) is 1.47. The Bertz CT molecular complexity index is 550. The number of hydrogen-bond acceptors (Lipinski definition) is 4. The van der Waals surface area contributed by atoms with E-state index in [-0.39, 0.29) is 11.9 Å². The van der Waals surface area contributed by atoms with Gasteiger partial charge < -0.3 is 5.32 Å². The Morgan fingerprint density at radius 2 is 2.05 bits per heavy atom. The van der Waals surface area contributed by atoms with Crippen LogP contribution in [-0.2, 0) is 0 Å². The number of aromatic nitrogens is 4. The molecule has 0 saturated heterocycles. The van der Waals surface area contributed by atoms with E-state index in [0.29, 0.717) is 5.56 Å². The Morgan fingerprint density at radius 3 is 2.67 bits per heavy atom. The van der Waals surface area contributed by atoms with Crippen molar-refractivity contribution in [1.82, 2.24) is 25.5 Å². The third-order valence-corrected chi connectivity index (χ3v) is 3.36. The number of amides is 1.